The summed E-state index contributed by atoms with van der Waals surface area (Å²) in [5, 5.41) is 6.04. The fourth-order valence-electron chi connectivity index (χ4n) is 2.75. The summed E-state index contributed by atoms with van der Waals surface area (Å²) in [7, 11) is 2.15. The molecule has 5 nitrogen and oxygen atoms in total. The third-order valence-corrected chi connectivity index (χ3v) is 4.46. The lowest BCUT2D eigenvalue weighted by Crippen LogP contribution is -2.44. The molecule has 0 bridgehead atoms. The Hall–Kier alpha value is -2.44. The summed E-state index contributed by atoms with van der Waals surface area (Å²) >= 11 is 5.22. The van der Waals surface area contributed by atoms with Crippen molar-refractivity contribution in [2.24, 2.45) is 0 Å². The molecule has 0 unspecified atom stereocenters. The lowest BCUT2D eigenvalue weighted by atomic mass is 10.2. The van der Waals surface area contributed by atoms with Gasteiger partial charge >= 0.3 is 0 Å². The maximum atomic E-state index is 12.1. The predicted octanol–water partition coefficient (Wildman–Crippen LogP) is 2.57. The van der Waals surface area contributed by atoms with Gasteiger partial charge in [0.1, 0.15) is 0 Å². The molecule has 0 atom stereocenters. The molecule has 0 aromatic heterocycles. The Morgan fingerprint density at radius 2 is 1.60 bits per heavy atom. The molecule has 0 saturated carbocycles. The number of piperazine rings is 1. The van der Waals surface area contributed by atoms with Gasteiger partial charge in [-0.3, -0.25) is 10.1 Å². The van der Waals surface area contributed by atoms with Crippen molar-refractivity contribution in [3.8, 4) is 0 Å². The van der Waals surface area contributed by atoms with Crippen LogP contribution in [0, 0.1) is 0 Å². The first kappa shape index (κ1) is 17.4. The summed E-state index contributed by atoms with van der Waals surface area (Å²) in [5.41, 5.74) is 2.64. The third-order valence-electron chi connectivity index (χ3n) is 4.26. The quantitative estimate of drug-likeness (QED) is 0.830. The van der Waals surface area contributed by atoms with Gasteiger partial charge in [0.2, 0.25) is 0 Å². The molecule has 2 aromatic rings. The van der Waals surface area contributed by atoms with E-state index in [1.807, 2.05) is 30.3 Å². The van der Waals surface area contributed by atoms with Crippen LogP contribution in [-0.4, -0.2) is 49.1 Å². The zero-order valence-electron chi connectivity index (χ0n) is 14.2. The van der Waals surface area contributed by atoms with Crippen molar-refractivity contribution < 1.29 is 4.79 Å². The summed E-state index contributed by atoms with van der Waals surface area (Å²) in [4.78, 5) is 16.8. The number of carbonyl (C=O) groups excluding carboxylic acids is 1. The highest BCUT2D eigenvalue weighted by Crippen LogP contribution is 2.19. The van der Waals surface area contributed by atoms with Crippen LogP contribution in [-0.2, 0) is 0 Å². The van der Waals surface area contributed by atoms with Gasteiger partial charge < -0.3 is 15.1 Å². The minimum absolute atomic E-state index is 0.216. The molecule has 1 aliphatic rings. The molecule has 0 radical (unpaired) electrons. The highest BCUT2D eigenvalue weighted by molar-refractivity contribution is 7.80. The normalized spacial score (nSPS) is 14.8. The van der Waals surface area contributed by atoms with Crippen molar-refractivity contribution in [2.45, 2.75) is 0 Å². The number of hydrogen-bond acceptors (Lipinski definition) is 4. The number of rotatable bonds is 3. The van der Waals surface area contributed by atoms with Gasteiger partial charge in [0, 0.05) is 43.1 Å². The van der Waals surface area contributed by atoms with Crippen LogP contribution < -0.4 is 15.5 Å². The zero-order valence-corrected chi connectivity index (χ0v) is 15.1. The number of nitrogens with one attached hydrogen (secondary N) is 2. The van der Waals surface area contributed by atoms with Gasteiger partial charge in [0.25, 0.3) is 5.91 Å². The van der Waals surface area contributed by atoms with E-state index in [1.165, 1.54) is 5.69 Å². The third kappa shape index (κ3) is 4.78. The molecule has 1 fully saturated rings. The number of nitrogens with zero attached hydrogens (tertiary/aromatic N) is 2. The molecule has 1 amide bonds. The number of anilines is 2. The molecule has 3 rings (SSSR count). The van der Waals surface area contributed by atoms with E-state index in [0.717, 1.165) is 31.9 Å². The van der Waals surface area contributed by atoms with E-state index in [0.29, 0.717) is 10.7 Å². The van der Waals surface area contributed by atoms with Crippen LogP contribution in [0.4, 0.5) is 11.4 Å². The monoisotopic (exact) mass is 354 g/mol. The molecular weight excluding hydrogens is 332 g/mol. The van der Waals surface area contributed by atoms with Crippen LogP contribution in [0.25, 0.3) is 0 Å². The number of benzene rings is 2. The van der Waals surface area contributed by atoms with E-state index in [4.69, 9.17) is 12.2 Å². The van der Waals surface area contributed by atoms with Crippen molar-refractivity contribution in [3.63, 3.8) is 0 Å². The number of carbonyl (C=O) groups is 1. The van der Waals surface area contributed by atoms with Crippen LogP contribution >= 0.6 is 12.2 Å². The second-order valence-electron chi connectivity index (χ2n) is 6.11. The minimum Gasteiger partial charge on any atom is -0.369 e. The van der Waals surface area contributed by atoms with Crippen LogP contribution in [0.1, 0.15) is 10.4 Å². The molecule has 1 aliphatic heterocycles. The lowest BCUT2D eigenvalue weighted by Gasteiger charge is -2.34. The van der Waals surface area contributed by atoms with E-state index in [9.17, 15) is 4.79 Å². The highest BCUT2D eigenvalue weighted by Gasteiger charge is 2.14. The fraction of sp³-hybridized carbons (Fsp3) is 0.263. The zero-order chi connectivity index (χ0) is 17.6. The second-order valence-corrected chi connectivity index (χ2v) is 6.52. The first-order valence-corrected chi connectivity index (χ1v) is 8.73. The standard InChI is InChI=1S/C19H22N4OS/c1-22-11-13-23(14-12-22)17-9-7-16(8-10-17)20-19(25)21-18(24)15-5-3-2-4-6-15/h2-10H,11-14H2,1H3,(H2,20,21,24,25). The van der Waals surface area contributed by atoms with Gasteiger partial charge in [-0.2, -0.15) is 0 Å². The van der Waals surface area contributed by atoms with Crippen LogP contribution in [0.3, 0.4) is 0 Å². The maximum absolute atomic E-state index is 12.1. The number of likely N-dealkylation sites (N-methyl/N-ethyl adjacent to an activating group) is 1. The Balaban J connectivity index is 1.54. The molecule has 2 aromatic carbocycles. The van der Waals surface area contributed by atoms with Gasteiger partial charge in [0.15, 0.2) is 5.11 Å². The maximum Gasteiger partial charge on any atom is 0.257 e. The van der Waals surface area contributed by atoms with E-state index in [-0.39, 0.29) is 5.91 Å². The first-order valence-electron chi connectivity index (χ1n) is 8.33. The molecule has 0 spiro atoms. The first-order chi connectivity index (χ1) is 12.1. The molecule has 25 heavy (non-hydrogen) atoms. The summed E-state index contributed by atoms with van der Waals surface area (Å²) in [5.74, 6) is -0.216. The number of amides is 1. The van der Waals surface area contributed by atoms with Crippen LogP contribution in [0.15, 0.2) is 54.6 Å². The SMILES string of the molecule is CN1CCN(c2ccc(NC(=S)NC(=O)c3ccccc3)cc2)CC1. The Morgan fingerprint density at radius 3 is 2.24 bits per heavy atom. The summed E-state index contributed by atoms with van der Waals surface area (Å²) < 4.78 is 0. The van der Waals surface area contributed by atoms with Gasteiger partial charge in [-0.05, 0) is 55.7 Å². The smallest absolute Gasteiger partial charge is 0.257 e. The van der Waals surface area contributed by atoms with Crippen LogP contribution in [0.5, 0.6) is 0 Å². The summed E-state index contributed by atoms with van der Waals surface area (Å²) in [6.07, 6.45) is 0. The molecule has 0 aliphatic carbocycles. The average Bonchev–Trinajstić information content (AvgIpc) is 2.64. The summed E-state index contributed by atoms with van der Waals surface area (Å²) in [6.45, 7) is 4.23. The average molecular weight is 354 g/mol. The van der Waals surface area contributed by atoms with Crippen molar-refractivity contribution in [1.82, 2.24) is 10.2 Å². The lowest BCUT2D eigenvalue weighted by molar-refractivity contribution is 0.0977. The topological polar surface area (TPSA) is 47.6 Å². The van der Waals surface area contributed by atoms with E-state index in [1.54, 1.807) is 12.1 Å². The van der Waals surface area contributed by atoms with Crippen molar-refractivity contribution in [3.05, 3.63) is 60.2 Å². The van der Waals surface area contributed by atoms with Crippen molar-refractivity contribution in [2.75, 3.05) is 43.4 Å². The number of thiocarbonyl (C=S) groups is 1. The van der Waals surface area contributed by atoms with Crippen LogP contribution in [0.2, 0.25) is 0 Å². The molecule has 1 heterocycles. The summed E-state index contributed by atoms with van der Waals surface area (Å²) in [6, 6.07) is 17.1. The second kappa shape index (κ2) is 8.09. The Bertz CT molecular complexity index is 725. The Kier molecular flexibility index (Phi) is 5.63. The highest BCUT2D eigenvalue weighted by atomic mass is 32.1. The fourth-order valence-corrected chi connectivity index (χ4v) is 2.96. The van der Waals surface area contributed by atoms with Crippen molar-refractivity contribution in [1.29, 1.82) is 0 Å². The van der Waals surface area contributed by atoms with Gasteiger partial charge in [-0.15, -0.1) is 0 Å². The largest absolute Gasteiger partial charge is 0.369 e. The van der Waals surface area contributed by atoms with Gasteiger partial charge in [-0.25, -0.2) is 0 Å². The van der Waals surface area contributed by atoms with Gasteiger partial charge in [0.05, 0.1) is 0 Å². The molecule has 2 N–H and O–H groups in total. The van der Waals surface area contributed by atoms with E-state index in [2.05, 4.69) is 39.6 Å². The predicted molar refractivity (Wildman–Crippen MR) is 106 cm³/mol. The van der Waals surface area contributed by atoms with E-state index >= 15 is 0 Å². The molecule has 1 saturated heterocycles. The van der Waals surface area contributed by atoms with E-state index < -0.39 is 0 Å². The molecule has 6 heteroatoms. The Labute approximate surface area is 153 Å². The van der Waals surface area contributed by atoms with Crippen molar-refractivity contribution >= 4 is 34.6 Å². The van der Waals surface area contributed by atoms with Gasteiger partial charge in [-0.1, -0.05) is 18.2 Å². The molecule has 130 valence electrons. The molecular formula is C19H22N4OS. The minimum atomic E-state index is -0.216. The number of hydrogen-bond donors (Lipinski definition) is 2. The Morgan fingerprint density at radius 1 is 0.960 bits per heavy atom.